The predicted octanol–water partition coefficient (Wildman–Crippen LogP) is -0.384. The van der Waals surface area contributed by atoms with Crippen LogP contribution >= 0.6 is 0 Å². The highest BCUT2D eigenvalue weighted by molar-refractivity contribution is 5.84. The maximum atomic E-state index is 11.6. The van der Waals surface area contributed by atoms with E-state index in [9.17, 15) is 9.59 Å². The van der Waals surface area contributed by atoms with Crippen molar-refractivity contribution in [1.29, 1.82) is 0 Å². The first-order valence-electron chi connectivity index (χ1n) is 6.93. The van der Waals surface area contributed by atoms with Crippen molar-refractivity contribution in [2.45, 2.75) is 63.1 Å². The summed E-state index contributed by atoms with van der Waals surface area (Å²) in [5.41, 5.74) is 10.1. The van der Waals surface area contributed by atoms with Crippen molar-refractivity contribution in [3.05, 3.63) is 0 Å². The molecule has 2 amide bonds. The van der Waals surface area contributed by atoms with Crippen molar-refractivity contribution in [3.63, 3.8) is 0 Å². The number of nitrogens with two attached hydrogens (primary N) is 2. The molecule has 1 fully saturated rings. The smallest absolute Gasteiger partial charge is 0.237 e. The molecule has 1 aliphatic carbocycles. The van der Waals surface area contributed by atoms with Crippen molar-refractivity contribution >= 4 is 11.8 Å². The third kappa shape index (κ3) is 5.16. The Hall–Kier alpha value is -1.14. The number of nitrogens with one attached hydrogen (secondary N) is 2. The molecular weight excluding hydrogens is 244 g/mol. The van der Waals surface area contributed by atoms with Crippen LogP contribution in [0.5, 0.6) is 0 Å². The van der Waals surface area contributed by atoms with Gasteiger partial charge in [-0.2, -0.15) is 0 Å². The minimum absolute atomic E-state index is 0.295. The van der Waals surface area contributed by atoms with E-state index in [1.165, 1.54) is 0 Å². The quantitative estimate of drug-likeness (QED) is 0.405. The maximum Gasteiger partial charge on any atom is 0.237 e. The summed E-state index contributed by atoms with van der Waals surface area (Å²) in [5, 5.41) is 6.19. The first-order valence-corrected chi connectivity index (χ1v) is 6.93. The second kappa shape index (κ2) is 6.86. The lowest BCUT2D eigenvalue weighted by Gasteiger charge is -2.27. The number of hydrogen-bond acceptors (Lipinski definition) is 4. The number of unbranched alkanes of at least 4 members (excludes halogenated alkanes) is 1. The lowest BCUT2D eigenvalue weighted by molar-refractivity contribution is -0.124. The van der Waals surface area contributed by atoms with Crippen LogP contribution in [0.3, 0.4) is 0 Å². The lowest BCUT2D eigenvalue weighted by Crippen LogP contribution is -2.54. The largest absolute Gasteiger partial charge is 0.368 e. The normalized spacial score (nSPS) is 19.7. The highest BCUT2D eigenvalue weighted by Gasteiger charge is 2.36. The van der Waals surface area contributed by atoms with E-state index in [1.54, 1.807) is 7.05 Å². The summed E-state index contributed by atoms with van der Waals surface area (Å²) in [4.78, 5) is 22.6. The summed E-state index contributed by atoms with van der Waals surface area (Å²) in [5.74, 6) is -0.643. The highest BCUT2D eigenvalue weighted by atomic mass is 16.2. The van der Waals surface area contributed by atoms with Gasteiger partial charge in [-0.1, -0.05) is 12.8 Å². The summed E-state index contributed by atoms with van der Waals surface area (Å²) in [7, 11) is 1.72. The molecule has 6 nitrogen and oxygen atoms in total. The van der Waals surface area contributed by atoms with Crippen molar-refractivity contribution < 1.29 is 9.59 Å². The number of carbonyl (C=O) groups is 2. The van der Waals surface area contributed by atoms with E-state index >= 15 is 0 Å². The van der Waals surface area contributed by atoms with Crippen LogP contribution in [0.15, 0.2) is 0 Å². The molecule has 1 saturated carbocycles. The Morgan fingerprint density at radius 2 is 1.95 bits per heavy atom. The van der Waals surface area contributed by atoms with Crippen molar-refractivity contribution in [2.24, 2.45) is 11.5 Å². The molecule has 110 valence electrons. The first-order chi connectivity index (χ1) is 8.89. The van der Waals surface area contributed by atoms with Crippen LogP contribution in [0.4, 0.5) is 0 Å². The molecule has 0 aliphatic heterocycles. The third-order valence-electron chi connectivity index (χ3n) is 3.76. The van der Waals surface area contributed by atoms with E-state index in [4.69, 9.17) is 11.5 Å². The summed E-state index contributed by atoms with van der Waals surface area (Å²) >= 11 is 0. The van der Waals surface area contributed by atoms with Gasteiger partial charge in [0.2, 0.25) is 11.8 Å². The van der Waals surface area contributed by atoms with E-state index in [0.29, 0.717) is 18.9 Å². The highest BCUT2D eigenvalue weighted by Crippen LogP contribution is 2.25. The molecule has 1 aliphatic rings. The number of primary amides is 2. The van der Waals surface area contributed by atoms with Crippen molar-refractivity contribution in [2.75, 3.05) is 7.05 Å². The molecule has 0 spiro atoms. The molecule has 0 aromatic carbocycles. The molecule has 19 heavy (non-hydrogen) atoms. The van der Waals surface area contributed by atoms with E-state index < -0.39 is 5.54 Å². The average molecular weight is 270 g/mol. The number of rotatable bonds is 10. The Morgan fingerprint density at radius 3 is 2.37 bits per heavy atom. The third-order valence-corrected chi connectivity index (χ3v) is 3.76. The average Bonchev–Trinajstić information content (AvgIpc) is 3.12. The van der Waals surface area contributed by atoms with Gasteiger partial charge in [-0.05, 0) is 39.7 Å². The van der Waals surface area contributed by atoms with E-state index in [0.717, 1.165) is 25.7 Å². The molecule has 0 aromatic heterocycles. The topological polar surface area (TPSA) is 110 Å². The van der Waals surface area contributed by atoms with Crippen LogP contribution in [0, 0.1) is 0 Å². The monoisotopic (exact) mass is 270 g/mol. The van der Waals surface area contributed by atoms with Gasteiger partial charge in [0.05, 0.1) is 11.6 Å². The van der Waals surface area contributed by atoms with Crippen LogP contribution in [0.1, 0.15) is 45.4 Å². The van der Waals surface area contributed by atoms with Gasteiger partial charge in [-0.3, -0.25) is 9.59 Å². The van der Waals surface area contributed by atoms with Crippen LogP contribution in [0.25, 0.3) is 0 Å². The lowest BCUT2D eigenvalue weighted by atomic mass is 9.92. The van der Waals surface area contributed by atoms with Gasteiger partial charge in [0.25, 0.3) is 0 Å². The number of carbonyl (C=O) groups excluding carboxylic acids is 2. The number of hydrogen-bond donors (Lipinski definition) is 4. The fourth-order valence-electron chi connectivity index (χ4n) is 2.20. The molecule has 0 aromatic rings. The molecule has 0 saturated heterocycles. The Bertz CT molecular complexity index is 331. The molecule has 0 radical (unpaired) electrons. The molecular formula is C13H26N4O2. The van der Waals surface area contributed by atoms with Gasteiger partial charge in [0.15, 0.2) is 0 Å². The van der Waals surface area contributed by atoms with Gasteiger partial charge >= 0.3 is 0 Å². The molecule has 2 atom stereocenters. The second-order valence-corrected chi connectivity index (χ2v) is 5.60. The predicted molar refractivity (Wildman–Crippen MR) is 74.3 cm³/mol. The number of likely N-dealkylation sites (N-methyl/N-ethyl adjacent to an activating group) is 1. The first kappa shape index (κ1) is 15.9. The van der Waals surface area contributed by atoms with Crippen LogP contribution in [-0.2, 0) is 9.59 Å². The molecule has 1 rings (SSSR count). The SMILES string of the molecule is CNC(CCCCC(C)(NC1CC1)C(N)=O)C(N)=O. The molecule has 0 heterocycles. The summed E-state index contributed by atoms with van der Waals surface area (Å²) in [6.07, 6.45) is 5.28. The minimum atomic E-state index is -0.636. The van der Waals surface area contributed by atoms with Gasteiger partial charge in [-0.15, -0.1) is 0 Å². The van der Waals surface area contributed by atoms with Crippen molar-refractivity contribution in [3.8, 4) is 0 Å². The minimum Gasteiger partial charge on any atom is -0.368 e. The molecule has 6 N–H and O–H groups in total. The van der Waals surface area contributed by atoms with Gasteiger partial charge < -0.3 is 22.1 Å². The van der Waals surface area contributed by atoms with E-state index in [2.05, 4.69) is 10.6 Å². The standard InChI is InChI=1S/C13H26N4O2/c1-13(12(15)19,17-9-6-7-9)8-4-3-5-10(16-2)11(14)18/h9-10,16-17H,3-8H2,1-2H3,(H2,14,18)(H2,15,19). The summed E-state index contributed by atoms with van der Waals surface area (Å²) < 4.78 is 0. The Morgan fingerprint density at radius 1 is 1.32 bits per heavy atom. The Kier molecular flexibility index (Phi) is 5.75. The Balaban J connectivity index is 2.31. The molecule has 6 heteroatoms. The maximum absolute atomic E-state index is 11.6. The molecule has 2 unspecified atom stereocenters. The van der Waals surface area contributed by atoms with E-state index in [-0.39, 0.29) is 17.9 Å². The summed E-state index contributed by atoms with van der Waals surface area (Å²) in [6.45, 7) is 1.86. The van der Waals surface area contributed by atoms with Crippen molar-refractivity contribution in [1.82, 2.24) is 10.6 Å². The van der Waals surface area contributed by atoms with Crippen LogP contribution in [0.2, 0.25) is 0 Å². The van der Waals surface area contributed by atoms with Gasteiger partial charge in [0.1, 0.15) is 0 Å². The zero-order valence-electron chi connectivity index (χ0n) is 11.9. The van der Waals surface area contributed by atoms with Gasteiger partial charge in [-0.25, -0.2) is 0 Å². The van der Waals surface area contributed by atoms with E-state index in [1.807, 2.05) is 6.92 Å². The molecule has 0 bridgehead atoms. The Labute approximate surface area is 114 Å². The number of amides is 2. The second-order valence-electron chi connectivity index (χ2n) is 5.60. The van der Waals surface area contributed by atoms with Gasteiger partial charge in [0, 0.05) is 6.04 Å². The van der Waals surface area contributed by atoms with Crippen LogP contribution in [-0.4, -0.2) is 36.5 Å². The van der Waals surface area contributed by atoms with Crippen LogP contribution < -0.4 is 22.1 Å². The fraction of sp³-hybridized carbons (Fsp3) is 0.846. The zero-order valence-corrected chi connectivity index (χ0v) is 11.9. The fourth-order valence-corrected chi connectivity index (χ4v) is 2.20. The summed E-state index contributed by atoms with van der Waals surface area (Å²) in [6, 6.07) is 0.143. The zero-order chi connectivity index (χ0) is 14.5.